The molecule has 56 heavy (non-hydrogen) atoms. The SMILES string of the molecule is c1ccc(-c2nc(-c3ccc(-c4ccc(-c5ccc6c(c5)C5c7ccccc7C6c6ccccc65)cc4)cc3)nc(-c3ccccc3-c3ccccn3)n2)cc1. The smallest absolute Gasteiger partial charge is 0.164 e. The molecule has 3 aliphatic rings. The fourth-order valence-electron chi connectivity index (χ4n) is 8.78. The molecule has 0 atom stereocenters. The lowest BCUT2D eigenvalue weighted by atomic mass is 9.61. The number of benzene rings is 7. The van der Waals surface area contributed by atoms with Gasteiger partial charge in [-0.2, -0.15) is 0 Å². The second-order valence-corrected chi connectivity index (χ2v) is 14.6. The van der Waals surface area contributed by atoms with Gasteiger partial charge in [0.1, 0.15) is 0 Å². The molecule has 7 aromatic carbocycles. The van der Waals surface area contributed by atoms with Gasteiger partial charge in [0.15, 0.2) is 17.5 Å². The van der Waals surface area contributed by atoms with Crippen LogP contribution in [-0.2, 0) is 0 Å². The van der Waals surface area contributed by atoms with Crippen molar-refractivity contribution < 1.29 is 0 Å². The van der Waals surface area contributed by atoms with Gasteiger partial charge in [0.05, 0.1) is 5.69 Å². The summed E-state index contributed by atoms with van der Waals surface area (Å²) in [5.41, 5.74) is 18.0. The summed E-state index contributed by atoms with van der Waals surface area (Å²) in [6.07, 6.45) is 1.81. The van der Waals surface area contributed by atoms with E-state index in [1.807, 2.05) is 66.9 Å². The maximum atomic E-state index is 5.05. The van der Waals surface area contributed by atoms with Gasteiger partial charge in [-0.05, 0) is 73.8 Å². The van der Waals surface area contributed by atoms with E-state index in [9.17, 15) is 0 Å². The van der Waals surface area contributed by atoms with Gasteiger partial charge >= 0.3 is 0 Å². The monoisotopic (exact) mass is 714 g/mol. The molecule has 0 spiro atoms. The average Bonchev–Trinajstić information content (AvgIpc) is 3.29. The van der Waals surface area contributed by atoms with E-state index in [0.29, 0.717) is 23.4 Å². The molecule has 0 aliphatic heterocycles. The van der Waals surface area contributed by atoms with Crippen molar-refractivity contribution in [1.29, 1.82) is 0 Å². The van der Waals surface area contributed by atoms with Crippen LogP contribution in [0, 0.1) is 0 Å². The Bertz CT molecular complexity index is 2850. The Balaban J connectivity index is 0.913. The fourth-order valence-corrected chi connectivity index (χ4v) is 8.78. The largest absolute Gasteiger partial charge is 0.256 e. The van der Waals surface area contributed by atoms with E-state index in [-0.39, 0.29) is 5.92 Å². The van der Waals surface area contributed by atoms with Crippen LogP contribution in [0.15, 0.2) is 194 Å². The summed E-state index contributed by atoms with van der Waals surface area (Å²) in [4.78, 5) is 19.6. The number of pyridine rings is 1. The molecule has 4 heteroatoms. The summed E-state index contributed by atoms with van der Waals surface area (Å²) in [6, 6.07) is 66.8. The first-order valence-corrected chi connectivity index (χ1v) is 19.1. The highest BCUT2D eigenvalue weighted by Gasteiger charge is 2.40. The van der Waals surface area contributed by atoms with E-state index in [4.69, 9.17) is 15.0 Å². The minimum Gasteiger partial charge on any atom is -0.256 e. The molecule has 4 nitrogen and oxygen atoms in total. The van der Waals surface area contributed by atoms with Crippen molar-refractivity contribution in [3.63, 3.8) is 0 Å². The van der Waals surface area contributed by atoms with Crippen LogP contribution in [0.3, 0.4) is 0 Å². The number of aromatic nitrogens is 4. The van der Waals surface area contributed by atoms with Crippen LogP contribution in [-0.4, -0.2) is 19.9 Å². The molecule has 2 aromatic heterocycles. The first-order chi connectivity index (χ1) is 27.8. The lowest BCUT2D eigenvalue weighted by Gasteiger charge is -2.42. The van der Waals surface area contributed by atoms with Crippen molar-refractivity contribution in [2.75, 3.05) is 0 Å². The first kappa shape index (κ1) is 32.2. The van der Waals surface area contributed by atoms with Crippen LogP contribution < -0.4 is 0 Å². The highest BCUT2D eigenvalue weighted by atomic mass is 15.0. The minimum absolute atomic E-state index is 0.264. The number of rotatable bonds is 6. The first-order valence-electron chi connectivity index (χ1n) is 19.1. The van der Waals surface area contributed by atoms with Gasteiger partial charge in [-0.3, -0.25) is 4.98 Å². The van der Waals surface area contributed by atoms with Crippen LogP contribution in [0.4, 0.5) is 0 Å². The standard InChI is InChI=1S/C52H34N4/c1-2-12-36(13-3-1)50-54-51(56-52(55-50)45-19-9-4-14-39(45)47-20-10-11-31-53-47)37-27-25-34(26-28-37)33-21-23-35(24-22-33)38-29-30-44-46(32-38)49-42-17-7-5-15-40(42)48(44)41-16-6-8-18-43(41)49/h1-32,48-49H. The topological polar surface area (TPSA) is 51.6 Å². The number of nitrogens with zero attached hydrogens (tertiary/aromatic N) is 4. The normalized spacial score (nSPS) is 14.8. The third-order valence-corrected chi connectivity index (χ3v) is 11.4. The van der Waals surface area contributed by atoms with Crippen LogP contribution >= 0.6 is 0 Å². The molecule has 0 saturated heterocycles. The van der Waals surface area contributed by atoms with E-state index in [0.717, 1.165) is 39.1 Å². The Hall–Kier alpha value is -7.30. The Kier molecular flexibility index (Phi) is 7.59. The van der Waals surface area contributed by atoms with Gasteiger partial charge in [0, 0.05) is 40.3 Å². The van der Waals surface area contributed by atoms with E-state index >= 15 is 0 Å². The Morgan fingerprint density at radius 1 is 0.286 bits per heavy atom. The molecule has 0 unspecified atom stereocenters. The average molecular weight is 715 g/mol. The van der Waals surface area contributed by atoms with Crippen LogP contribution in [0.5, 0.6) is 0 Å². The summed E-state index contributed by atoms with van der Waals surface area (Å²) in [5.74, 6) is 2.42. The fraction of sp³-hybridized carbons (Fsp3) is 0.0385. The predicted octanol–water partition coefficient (Wildman–Crippen LogP) is 12.3. The lowest BCUT2D eigenvalue weighted by molar-refractivity contribution is 0.755. The van der Waals surface area contributed by atoms with Crippen LogP contribution in [0.1, 0.15) is 45.2 Å². The molecule has 3 aliphatic carbocycles. The third-order valence-electron chi connectivity index (χ3n) is 11.4. The zero-order valence-corrected chi connectivity index (χ0v) is 30.4. The van der Waals surface area contributed by atoms with Crippen LogP contribution in [0.2, 0.25) is 0 Å². The maximum Gasteiger partial charge on any atom is 0.164 e. The third kappa shape index (κ3) is 5.38. The van der Waals surface area contributed by atoms with Crippen molar-refractivity contribution in [3.8, 4) is 67.7 Å². The molecule has 0 fully saturated rings. The maximum absolute atomic E-state index is 5.05. The second kappa shape index (κ2) is 13.2. The van der Waals surface area contributed by atoms with Crippen molar-refractivity contribution in [2.24, 2.45) is 0 Å². The predicted molar refractivity (Wildman–Crippen MR) is 225 cm³/mol. The van der Waals surface area contributed by atoms with Gasteiger partial charge in [-0.1, -0.05) is 170 Å². The Labute approximate surface area is 325 Å². The summed E-state index contributed by atoms with van der Waals surface area (Å²) >= 11 is 0. The van der Waals surface area contributed by atoms with E-state index in [1.165, 1.54) is 44.5 Å². The van der Waals surface area contributed by atoms with Gasteiger partial charge < -0.3 is 0 Å². The molecule has 262 valence electrons. The van der Waals surface area contributed by atoms with Crippen molar-refractivity contribution in [1.82, 2.24) is 19.9 Å². The molecule has 2 bridgehead atoms. The number of hydrogen-bond donors (Lipinski definition) is 0. The van der Waals surface area contributed by atoms with Crippen molar-refractivity contribution in [3.05, 3.63) is 228 Å². The van der Waals surface area contributed by atoms with Crippen LogP contribution in [0.25, 0.3) is 67.7 Å². The highest BCUT2D eigenvalue weighted by molar-refractivity contribution is 5.81. The van der Waals surface area contributed by atoms with E-state index in [1.54, 1.807) is 0 Å². The minimum atomic E-state index is 0.264. The molecule has 2 heterocycles. The zero-order chi connectivity index (χ0) is 37.0. The summed E-state index contributed by atoms with van der Waals surface area (Å²) in [7, 11) is 0. The summed E-state index contributed by atoms with van der Waals surface area (Å²) in [6.45, 7) is 0. The lowest BCUT2D eigenvalue weighted by Crippen LogP contribution is -2.27. The Morgan fingerprint density at radius 2 is 0.714 bits per heavy atom. The summed E-state index contributed by atoms with van der Waals surface area (Å²) in [5, 5.41) is 0. The Morgan fingerprint density at radius 3 is 1.30 bits per heavy atom. The quantitative estimate of drug-likeness (QED) is 0.172. The molecule has 0 radical (unpaired) electrons. The molecule has 0 amide bonds. The zero-order valence-electron chi connectivity index (χ0n) is 30.4. The molecule has 0 N–H and O–H groups in total. The molecular formula is C52H34N4. The second-order valence-electron chi connectivity index (χ2n) is 14.6. The molecule has 9 aromatic rings. The van der Waals surface area contributed by atoms with Gasteiger partial charge in [-0.15, -0.1) is 0 Å². The van der Waals surface area contributed by atoms with E-state index in [2.05, 4.69) is 132 Å². The molecule has 12 rings (SSSR count). The highest BCUT2D eigenvalue weighted by Crippen LogP contribution is 2.56. The van der Waals surface area contributed by atoms with Crippen molar-refractivity contribution in [2.45, 2.75) is 11.8 Å². The van der Waals surface area contributed by atoms with E-state index < -0.39 is 0 Å². The molecule has 0 saturated carbocycles. The van der Waals surface area contributed by atoms with Gasteiger partial charge in [0.25, 0.3) is 0 Å². The summed E-state index contributed by atoms with van der Waals surface area (Å²) < 4.78 is 0. The van der Waals surface area contributed by atoms with Gasteiger partial charge in [0.2, 0.25) is 0 Å². The molecular weight excluding hydrogens is 681 g/mol. The van der Waals surface area contributed by atoms with Gasteiger partial charge in [-0.25, -0.2) is 15.0 Å². The van der Waals surface area contributed by atoms with Crippen molar-refractivity contribution >= 4 is 0 Å². The number of hydrogen-bond acceptors (Lipinski definition) is 4.